The summed E-state index contributed by atoms with van der Waals surface area (Å²) in [6, 6.07) is 10.7. The van der Waals surface area contributed by atoms with Gasteiger partial charge in [0.25, 0.3) is 0 Å². The Hall–Kier alpha value is -1.56. The van der Waals surface area contributed by atoms with Gasteiger partial charge in [0.2, 0.25) is 0 Å². The standard InChI is InChI=1S/C13H10/c1-2-5-10(6-3-1)13-11-7-4-8-12(13)9-11/h1-9,13H. The van der Waals surface area contributed by atoms with E-state index < -0.39 is 0 Å². The van der Waals surface area contributed by atoms with Crippen LogP contribution in [-0.2, 0) is 0 Å². The predicted octanol–water partition coefficient (Wildman–Crippen LogP) is 3.21. The molecule has 13 heavy (non-hydrogen) atoms. The summed E-state index contributed by atoms with van der Waals surface area (Å²) >= 11 is 0. The average molecular weight is 166 g/mol. The van der Waals surface area contributed by atoms with Crippen LogP contribution in [0.15, 0.2) is 65.8 Å². The molecule has 0 N–H and O–H groups in total. The zero-order valence-electron chi connectivity index (χ0n) is 7.27. The first-order valence-corrected chi connectivity index (χ1v) is 4.60. The van der Waals surface area contributed by atoms with Crippen molar-refractivity contribution in [2.45, 2.75) is 5.92 Å². The lowest BCUT2D eigenvalue weighted by Gasteiger charge is -2.31. The fraction of sp³-hybridized carbons (Fsp3) is 0.0769. The molecule has 1 aromatic rings. The van der Waals surface area contributed by atoms with Crippen LogP contribution in [0.4, 0.5) is 0 Å². The molecule has 0 aliphatic heterocycles. The van der Waals surface area contributed by atoms with Crippen LogP contribution in [0.25, 0.3) is 0 Å². The molecule has 0 spiro atoms. The highest BCUT2D eigenvalue weighted by atomic mass is 14.3. The monoisotopic (exact) mass is 166 g/mol. The number of hydrogen-bond acceptors (Lipinski definition) is 0. The number of hydrogen-bond donors (Lipinski definition) is 0. The van der Waals surface area contributed by atoms with Gasteiger partial charge in [-0.3, -0.25) is 0 Å². The molecule has 0 aromatic heterocycles. The van der Waals surface area contributed by atoms with E-state index in [0.29, 0.717) is 5.92 Å². The van der Waals surface area contributed by atoms with Gasteiger partial charge < -0.3 is 0 Å². The van der Waals surface area contributed by atoms with E-state index in [1.54, 1.807) is 0 Å². The third kappa shape index (κ3) is 0.919. The Kier molecular flexibility index (Phi) is 1.31. The summed E-state index contributed by atoms with van der Waals surface area (Å²) in [4.78, 5) is 0. The van der Waals surface area contributed by atoms with E-state index in [2.05, 4.69) is 54.6 Å². The van der Waals surface area contributed by atoms with Gasteiger partial charge in [-0.1, -0.05) is 54.6 Å². The highest BCUT2D eigenvalue weighted by Gasteiger charge is 2.27. The van der Waals surface area contributed by atoms with E-state index >= 15 is 0 Å². The molecule has 62 valence electrons. The van der Waals surface area contributed by atoms with Gasteiger partial charge >= 0.3 is 0 Å². The van der Waals surface area contributed by atoms with E-state index in [1.165, 1.54) is 16.7 Å². The third-order valence-electron chi connectivity index (χ3n) is 2.71. The number of allylic oxidation sites excluding steroid dienone is 6. The number of fused-ring (bicyclic) bond motifs is 2. The molecule has 0 nitrogen and oxygen atoms in total. The fourth-order valence-corrected chi connectivity index (χ4v) is 2.04. The lowest BCUT2D eigenvalue weighted by molar-refractivity contribution is 0.900. The molecule has 3 rings (SSSR count). The molecule has 0 saturated carbocycles. The van der Waals surface area contributed by atoms with Crippen molar-refractivity contribution >= 4 is 0 Å². The molecule has 0 fully saturated rings. The van der Waals surface area contributed by atoms with Crippen molar-refractivity contribution in [2.24, 2.45) is 0 Å². The van der Waals surface area contributed by atoms with Crippen LogP contribution in [0, 0.1) is 0 Å². The lowest BCUT2D eigenvalue weighted by atomic mass is 9.72. The van der Waals surface area contributed by atoms with Gasteiger partial charge in [0.1, 0.15) is 0 Å². The molecule has 0 amide bonds. The van der Waals surface area contributed by atoms with Crippen LogP contribution < -0.4 is 0 Å². The number of benzene rings is 1. The van der Waals surface area contributed by atoms with Crippen LogP contribution in [0.1, 0.15) is 11.5 Å². The summed E-state index contributed by atoms with van der Waals surface area (Å²) in [5.41, 5.74) is 4.31. The second kappa shape index (κ2) is 2.46. The molecule has 0 radical (unpaired) electrons. The topological polar surface area (TPSA) is 0 Å². The van der Waals surface area contributed by atoms with Gasteiger partial charge in [0.05, 0.1) is 0 Å². The Labute approximate surface area is 77.9 Å². The third-order valence-corrected chi connectivity index (χ3v) is 2.71. The lowest BCUT2D eigenvalue weighted by Crippen LogP contribution is -2.14. The highest BCUT2D eigenvalue weighted by molar-refractivity contribution is 5.61. The Morgan fingerprint density at radius 3 is 2.38 bits per heavy atom. The molecular weight excluding hydrogens is 156 g/mol. The zero-order chi connectivity index (χ0) is 8.67. The maximum absolute atomic E-state index is 2.26. The van der Waals surface area contributed by atoms with E-state index in [0.717, 1.165) is 0 Å². The molecule has 1 atom stereocenters. The van der Waals surface area contributed by atoms with E-state index in [9.17, 15) is 0 Å². The van der Waals surface area contributed by atoms with Crippen molar-refractivity contribution in [1.82, 2.24) is 0 Å². The summed E-state index contributed by atoms with van der Waals surface area (Å²) < 4.78 is 0. The maximum atomic E-state index is 2.26. The second-order valence-corrected chi connectivity index (χ2v) is 3.51. The molecule has 0 heterocycles. The van der Waals surface area contributed by atoms with Crippen LogP contribution in [-0.4, -0.2) is 0 Å². The molecule has 0 saturated heterocycles. The minimum Gasteiger partial charge on any atom is -0.0622 e. The zero-order valence-corrected chi connectivity index (χ0v) is 7.27. The van der Waals surface area contributed by atoms with E-state index in [4.69, 9.17) is 0 Å². The Balaban J connectivity index is 2.04. The molecule has 1 aromatic carbocycles. The molecule has 2 aliphatic carbocycles. The number of rotatable bonds is 1. The van der Waals surface area contributed by atoms with Crippen LogP contribution >= 0.6 is 0 Å². The fourth-order valence-electron chi connectivity index (χ4n) is 2.04. The average Bonchev–Trinajstić information content (AvgIpc) is 2.20. The van der Waals surface area contributed by atoms with Gasteiger partial charge in [0.15, 0.2) is 0 Å². The maximum Gasteiger partial charge on any atom is 0.0340 e. The second-order valence-electron chi connectivity index (χ2n) is 3.51. The predicted molar refractivity (Wildman–Crippen MR) is 54.5 cm³/mol. The van der Waals surface area contributed by atoms with Gasteiger partial charge in [-0.05, 0) is 16.7 Å². The highest BCUT2D eigenvalue weighted by Crippen LogP contribution is 2.44. The molecule has 0 heteroatoms. The SMILES string of the molecule is c1ccc(C2c3cccc2c3)cc1. The minimum atomic E-state index is 0.561. The Bertz CT molecular complexity index is 407. The summed E-state index contributed by atoms with van der Waals surface area (Å²) in [5.74, 6) is 0.561. The van der Waals surface area contributed by atoms with Crippen molar-refractivity contribution in [3.8, 4) is 0 Å². The van der Waals surface area contributed by atoms with Crippen LogP contribution in [0.3, 0.4) is 0 Å². The Morgan fingerprint density at radius 1 is 0.923 bits per heavy atom. The molecular formula is C13H10. The van der Waals surface area contributed by atoms with Crippen molar-refractivity contribution < 1.29 is 0 Å². The summed E-state index contributed by atoms with van der Waals surface area (Å²) in [6.07, 6.45) is 8.79. The first-order chi connectivity index (χ1) is 6.45. The molecule has 2 bridgehead atoms. The van der Waals surface area contributed by atoms with Crippen molar-refractivity contribution in [3.05, 3.63) is 71.3 Å². The van der Waals surface area contributed by atoms with Gasteiger partial charge in [-0.15, -0.1) is 0 Å². The van der Waals surface area contributed by atoms with Gasteiger partial charge in [-0.25, -0.2) is 0 Å². The summed E-state index contributed by atoms with van der Waals surface area (Å²) in [7, 11) is 0. The van der Waals surface area contributed by atoms with E-state index in [1.807, 2.05) is 0 Å². The Morgan fingerprint density at radius 2 is 1.77 bits per heavy atom. The normalized spacial score (nSPS) is 23.2. The smallest absolute Gasteiger partial charge is 0.0340 e. The summed E-state index contributed by atoms with van der Waals surface area (Å²) in [5, 5.41) is 0. The van der Waals surface area contributed by atoms with Gasteiger partial charge in [0, 0.05) is 5.92 Å². The molecule has 1 unspecified atom stereocenters. The first-order valence-electron chi connectivity index (χ1n) is 4.60. The van der Waals surface area contributed by atoms with E-state index in [-0.39, 0.29) is 0 Å². The van der Waals surface area contributed by atoms with Crippen LogP contribution in [0.2, 0.25) is 0 Å². The van der Waals surface area contributed by atoms with Gasteiger partial charge in [-0.2, -0.15) is 0 Å². The van der Waals surface area contributed by atoms with Crippen molar-refractivity contribution in [1.29, 1.82) is 0 Å². The van der Waals surface area contributed by atoms with Crippen molar-refractivity contribution in [3.63, 3.8) is 0 Å². The largest absolute Gasteiger partial charge is 0.0622 e. The first kappa shape index (κ1) is 6.90. The molecule has 2 aliphatic rings. The van der Waals surface area contributed by atoms with Crippen molar-refractivity contribution in [2.75, 3.05) is 0 Å². The summed E-state index contributed by atoms with van der Waals surface area (Å²) in [6.45, 7) is 0. The quantitative estimate of drug-likeness (QED) is 0.601. The minimum absolute atomic E-state index is 0.561. The van der Waals surface area contributed by atoms with Crippen LogP contribution in [0.5, 0.6) is 0 Å².